The maximum atomic E-state index is 11.6. The fraction of sp³-hybridized carbons (Fsp3) is 0.588. The number of rotatable bonds is 5. The molecule has 21 heavy (non-hydrogen) atoms. The van der Waals surface area contributed by atoms with Crippen molar-refractivity contribution in [3.05, 3.63) is 29.3 Å². The number of aliphatic carboxylic acids is 1. The van der Waals surface area contributed by atoms with Crippen molar-refractivity contribution in [3.8, 4) is 5.75 Å². The molecule has 0 radical (unpaired) electrons. The van der Waals surface area contributed by atoms with Gasteiger partial charge in [0.25, 0.3) is 0 Å². The number of hydrogen-bond acceptors (Lipinski definition) is 3. The van der Waals surface area contributed by atoms with Gasteiger partial charge in [-0.05, 0) is 38.8 Å². The molecular formula is C17H25NO3. The third-order valence-corrected chi connectivity index (χ3v) is 4.62. The molecule has 4 nitrogen and oxygen atoms in total. The topological polar surface area (TPSA) is 49.8 Å². The van der Waals surface area contributed by atoms with Gasteiger partial charge in [0.15, 0.2) is 0 Å². The fourth-order valence-corrected chi connectivity index (χ4v) is 3.25. The standard InChI is InChI=1S/C17H25NO3/c1-4-17(16(19)20)8-5-9-18(12-17)11-14-10-13(2)6-7-15(14)21-3/h6-7,10H,4-5,8-9,11-12H2,1-3H3,(H,19,20). The number of carboxylic acid groups (broad SMARTS) is 1. The molecule has 1 N–H and O–H groups in total. The van der Waals surface area contributed by atoms with Crippen LogP contribution in [-0.2, 0) is 11.3 Å². The first-order valence-electron chi connectivity index (χ1n) is 7.60. The Balaban J connectivity index is 2.16. The number of aryl methyl sites for hydroxylation is 1. The van der Waals surface area contributed by atoms with Crippen molar-refractivity contribution >= 4 is 5.97 Å². The Morgan fingerprint density at radius 3 is 2.86 bits per heavy atom. The van der Waals surface area contributed by atoms with Crippen LogP contribution < -0.4 is 4.74 Å². The van der Waals surface area contributed by atoms with E-state index in [2.05, 4.69) is 17.9 Å². The zero-order valence-corrected chi connectivity index (χ0v) is 13.2. The highest BCUT2D eigenvalue weighted by molar-refractivity contribution is 5.75. The summed E-state index contributed by atoms with van der Waals surface area (Å²) in [6.45, 7) is 6.36. The SMILES string of the molecule is CCC1(C(=O)O)CCCN(Cc2cc(C)ccc2OC)C1. The molecule has 0 aliphatic carbocycles. The molecule has 1 aliphatic rings. The summed E-state index contributed by atoms with van der Waals surface area (Å²) in [6.07, 6.45) is 2.40. The van der Waals surface area contributed by atoms with Gasteiger partial charge < -0.3 is 9.84 Å². The lowest BCUT2D eigenvalue weighted by atomic mass is 9.77. The molecule has 2 rings (SSSR count). The smallest absolute Gasteiger partial charge is 0.310 e. The van der Waals surface area contributed by atoms with Crippen LogP contribution in [0.15, 0.2) is 18.2 Å². The number of ether oxygens (including phenoxy) is 1. The van der Waals surface area contributed by atoms with Crippen LogP contribution in [0.5, 0.6) is 5.75 Å². The molecule has 1 atom stereocenters. The van der Waals surface area contributed by atoms with Gasteiger partial charge in [0.05, 0.1) is 12.5 Å². The summed E-state index contributed by atoms with van der Waals surface area (Å²) in [5.41, 5.74) is 1.74. The van der Waals surface area contributed by atoms with E-state index in [9.17, 15) is 9.90 Å². The van der Waals surface area contributed by atoms with E-state index < -0.39 is 11.4 Å². The molecule has 1 aromatic rings. The Bertz CT molecular complexity index is 515. The molecule has 116 valence electrons. The van der Waals surface area contributed by atoms with E-state index >= 15 is 0 Å². The van der Waals surface area contributed by atoms with Gasteiger partial charge >= 0.3 is 5.97 Å². The summed E-state index contributed by atoms with van der Waals surface area (Å²) in [7, 11) is 1.68. The molecule has 0 spiro atoms. The quantitative estimate of drug-likeness (QED) is 0.905. The molecule has 1 heterocycles. The average Bonchev–Trinajstić information content (AvgIpc) is 2.47. The molecule has 1 saturated heterocycles. The maximum absolute atomic E-state index is 11.6. The van der Waals surface area contributed by atoms with E-state index in [1.54, 1.807) is 7.11 Å². The van der Waals surface area contributed by atoms with Crippen molar-refractivity contribution in [1.82, 2.24) is 4.90 Å². The van der Waals surface area contributed by atoms with Crippen LogP contribution in [0.4, 0.5) is 0 Å². The van der Waals surface area contributed by atoms with E-state index in [1.165, 1.54) is 5.56 Å². The van der Waals surface area contributed by atoms with Crippen molar-refractivity contribution in [2.45, 2.75) is 39.7 Å². The first-order valence-corrected chi connectivity index (χ1v) is 7.60. The Morgan fingerprint density at radius 1 is 1.48 bits per heavy atom. The Morgan fingerprint density at radius 2 is 2.24 bits per heavy atom. The minimum atomic E-state index is -0.661. The van der Waals surface area contributed by atoms with Gasteiger partial charge in [-0.25, -0.2) is 0 Å². The zero-order chi connectivity index (χ0) is 15.5. The third-order valence-electron chi connectivity index (χ3n) is 4.62. The molecule has 1 aliphatic heterocycles. The van der Waals surface area contributed by atoms with E-state index in [1.807, 2.05) is 19.1 Å². The van der Waals surface area contributed by atoms with Gasteiger partial charge in [-0.2, -0.15) is 0 Å². The Hall–Kier alpha value is -1.55. The maximum Gasteiger partial charge on any atom is 0.310 e. The number of methoxy groups -OCH3 is 1. The first-order chi connectivity index (χ1) is 10.0. The molecule has 4 heteroatoms. The summed E-state index contributed by atoms with van der Waals surface area (Å²) >= 11 is 0. The Labute approximate surface area is 126 Å². The summed E-state index contributed by atoms with van der Waals surface area (Å²) < 4.78 is 5.42. The highest BCUT2D eigenvalue weighted by atomic mass is 16.5. The van der Waals surface area contributed by atoms with Gasteiger partial charge in [0.1, 0.15) is 5.75 Å². The van der Waals surface area contributed by atoms with E-state index in [0.29, 0.717) is 13.0 Å². The van der Waals surface area contributed by atoms with Gasteiger partial charge in [-0.1, -0.05) is 24.6 Å². The van der Waals surface area contributed by atoms with Crippen molar-refractivity contribution < 1.29 is 14.6 Å². The second kappa shape index (κ2) is 6.48. The molecule has 1 unspecified atom stereocenters. The summed E-state index contributed by atoms with van der Waals surface area (Å²) in [6, 6.07) is 6.15. The number of hydrogen-bond donors (Lipinski definition) is 1. The van der Waals surface area contributed by atoms with E-state index in [0.717, 1.165) is 37.2 Å². The van der Waals surface area contributed by atoms with Crippen molar-refractivity contribution in [2.24, 2.45) is 5.41 Å². The van der Waals surface area contributed by atoms with Crippen LogP contribution in [0.2, 0.25) is 0 Å². The predicted octanol–water partition coefficient (Wildman–Crippen LogP) is 3.08. The number of nitrogens with zero attached hydrogens (tertiary/aromatic N) is 1. The van der Waals surface area contributed by atoms with Gasteiger partial charge in [-0.3, -0.25) is 9.69 Å². The summed E-state index contributed by atoms with van der Waals surface area (Å²) in [5, 5.41) is 9.57. The highest BCUT2D eigenvalue weighted by Gasteiger charge is 2.40. The molecule has 1 fully saturated rings. The monoisotopic (exact) mass is 291 g/mol. The minimum Gasteiger partial charge on any atom is -0.496 e. The number of carbonyl (C=O) groups is 1. The van der Waals surface area contributed by atoms with Gasteiger partial charge in [-0.15, -0.1) is 0 Å². The fourth-order valence-electron chi connectivity index (χ4n) is 3.25. The molecular weight excluding hydrogens is 266 g/mol. The number of likely N-dealkylation sites (tertiary alicyclic amines) is 1. The summed E-state index contributed by atoms with van der Waals surface area (Å²) in [4.78, 5) is 13.9. The van der Waals surface area contributed by atoms with Crippen molar-refractivity contribution in [1.29, 1.82) is 0 Å². The summed E-state index contributed by atoms with van der Waals surface area (Å²) in [5.74, 6) is 0.217. The molecule has 0 saturated carbocycles. The van der Waals surface area contributed by atoms with Gasteiger partial charge in [0, 0.05) is 18.7 Å². The average molecular weight is 291 g/mol. The largest absolute Gasteiger partial charge is 0.496 e. The van der Waals surface area contributed by atoms with Crippen LogP contribution in [-0.4, -0.2) is 36.2 Å². The molecule has 1 aromatic carbocycles. The predicted molar refractivity (Wildman–Crippen MR) is 82.6 cm³/mol. The van der Waals surface area contributed by atoms with Crippen LogP contribution in [0.3, 0.4) is 0 Å². The lowest BCUT2D eigenvalue weighted by molar-refractivity contribution is -0.153. The number of piperidine rings is 1. The first kappa shape index (κ1) is 15.8. The second-order valence-electron chi connectivity index (χ2n) is 6.07. The van der Waals surface area contributed by atoms with Crippen LogP contribution in [0, 0.1) is 12.3 Å². The third kappa shape index (κ3) is 3.38. The number of benzene rings is 1. The normalized spacial score (nSPS) is 23.0. The Kier molecular flexibility index (Phi) is 4.88. The van der Waals surface area contributed by atoms with E-state index in [-0.39, 0.29) is 0 Å². The molecule has 0 bridgehead atoms. The zero-order valence-electron chi connectivity index (χ0n) is 13.2. The van der Waals surface area contributed by atoms with E-state index in [4.69, 9.17) is 4.74 Å². The van der Waals surface area contributed by atoms with Crippen molar-refractivity contribution in [2.75, 3.05) is 20.2 Å². The minimum absolute atomic E-state index is 0.588. The van der Waals surface area contributed by atoms with Crippen LogP contribution >= 0.6 is 0 Å². The van der Waals surface area contributed by atoms with Crippen LogP contribution in [0.1, 0.15) is 37.3 Å². The second-order valence-corrected chi connectivity index (χ2v) is 6.07. The van der Waals surface area contributed by atoms with Crippen molar-refractivity contribution in [3.63, 3.8) is 0 Å². The highest BCUT2D eigenvalue weighted by Crippen LogP contribution is 2.35. The van der Waals surface area contributed by atoms with Crippen LogP contribution in [0.25, 0.3) is 0 Å². The molecule has 0 amide bonds. The lowest BCUT2D eigenvalue weighted by Gasteiger charge is -2.39. The molecule has 0 aromatic heterocycles. The lowest BCUT2D eigenvalue weighted by Crippen LogP contribution is -2.47. The number of carboxylic acids is 1. The van der Waals surface area contributed by atoms with Gasteiger partial charge in [0.2, 0.25) is 0 Å².